The van der Waals surface area contributed by atoms with Crippen LogP contribution in [-0.4, -0.2) is 55.6 Å². The lowest BCUT2D eigenvalue weighted by Gasteiger charge is -2.35. The van der Waals surface area contributed by atoms with Crippen molar-refractivity contribution in [3.63, 3.8) is 0 Å². The van der Waals surface area contributed by atoms with Gasteiger partial charge in [0.05, 0.1) is 0 Å². The molecule has 0 saturated carbocycles. The van der Waals surface area contributed by atoms with Gasteiger partial charge in [-0.25, -0.2) is 9.18 Å². The first-order chi connectivity index (χ1) is 10.1. The fourth-order valence-electron chi connectivity index (χ4n) is 2.64. The van der Waals surface area contributed by atoms with Crippen LogP contribution in [0.25, 0.3) is 0 Å². The highest BCUT2D eigenvalue weighted by Gasteiger charge is 2.23. The van der Waals surface area contributed by atoms with Crippen LogP contribution in [0.1, 0.15) is 18.4 Å². The number of nitrogens with zero attached hydrogens (tertiary/aromatic N) is 2. The molecule has 0 aliphatic carbocycles. The second-order valence-electron chi connectivity index (χ2n) is 5.75. The van der Waals surface area contributed by atoms with Gasteiger partial charge in [-0.1, -0.05) is 12.1 Å². The Morgan fingerprint density at radius 1 is 1.33 bits per heavy atom. The number of urea groups is 1. The number of carbonyl (C=O) groups excluding carboxylic acids is 1. The molecule has 1 aliphatic heterocycles. The van der Waals surface area contributed by atoms with Gasteiger partial charge in [0.15, 0.2) is 0 Å². The predicted octanol–water partition coefficient (Wildman–Crippen LogP) is 2.10. The van der Waals surface area contributed by atoms with Crippen LogP contribution in [0.5, 0.6) is 0 Å². The number of benzene rings is 1. The van der Waals surface area contributed by atoms with Crippen molar-refractivity contribution in [2.24, 2.45) is 0 Å². The van der Waals surface area contributed by atoms with E-state index >= 15 is 0 Å². The summed E-state index contributed by atoms with van der Waals surface area (Å²) in [4.78, 5) is 16.2. The third-order valence-corrected chi connectivity index (χ3v) is 4.16. The highest BCUT2D eigenvalue weighted by Crippen LogP contribution is 2.14. The fraction of sp³-hybridized carbons (Fsp3) is 0.562. The number of halogens is 1. The third-order valence-electron chi connectivity index (χ3n) is 4.16. The molecule has 0 radical (unpaired) electrons. The average molecular weight is 293 g/mol. The predicted molar refractivity (Wildman–Crippen MR) is 81.8 cm³/mol. The van der Waals surface area contributed by atoms with E-state index in [0.29, 0.717) is 19.0 Å². The minimum Gasteiger partial charge on any atom is -0.338 e. The van der Waals surface area contributed by atoms with Crippen LogP contribution in [0.4, 0.5) is 9.18 Å². The smallest absolute Gasteiger partial charge is 0.317 e. The van der Waals surface area contributed by atoms with Crippen LogP contribution < -0.4 is 5.32 Å². The lowest BCUT2D eigenvalue weighted by molar-refractivity contribution is 0.148. The summed E-state index contributed by atoms with van der Waals surface area (Å²) in [6, 6.07) is 6.70. The third kappa shape index (κ3) is 4.70. The zero-order chi connectivity index (χ0) is 15.2. The second-order valence-corrected chi connectivity index (χ2v) is 5.75. The number of hydrogen-bond donors (Lipinski definition) is 1. The van der Waals surface area contributed by atoms with Crippen molar-refractivity contribution < 1.29 is 9.18 Å². The molecule has 0 atom stereocenters. The summed E-state index contributed by atoms with van der Waals surface area (Å²) in [5.41, 5.74) is 1.03. The molecule has 4 nitrogen and oxygen atoms in total. The molecule has 0 aromatic heterocycles. The molecule has 0 bridgehead atoms. The van der Waals surface area contributed by atoms with Crippen molar-refractivity contribution in [1.29, 1.82) is 0 Å². The Balaban J connectivity index is 1.72. The van der Waals surface area contributed by atoms with E-state index in [1.165, 1.54) is 12.1 Å². The zero-order valence-electron chi connectivity index (χ0n) is 12.8. The zero-order valence-corrected chi connectivity index (χ0v) is 12.8. The number of hydrogen-bond acceptors (Lipinski definition) is 2. The SMILES string of the molecule is CN1CCC(N(C)C(=O)NCCc2ccc(F)cc2)CC1. The number of nitrogens with one attached hydrogen (secondary N) is 1. The van der Waals surface area contributed by atoms with E-state index in [1.54, 1.807) is 12.1 Å². The van der Waals surface area contributed by atoms with Gasteiger partial charge >= 0.3 is 6.03 Å². The summed E-state index contributed by atoms with van der Waals surface area (Å²) in [5, 5.41) is 2.93. The standard InChI is InChI=1S/C16H24FN3O/c1-19-11-8-15(9-12-19)20(2)16(21)18-10-7-13-3-5-14(17)6-4-13/h3-6,15H,7-12H2,1-2H3,(H,18,21). The average Bonchev–Trinajstić information content (AvgIpc) is 2.49. The van der Waals surface area contributed by atoms with Crippen molar-refractivity contribution in [3.05, 3.63) is 35.6 Å². The van der Waals surface area contributed by atoms with Gasteiger partial charge in [0.2, 0.25) is 0 Å². The topological polar surface area (TPSA) is 35.6 Å². The van der Waals surface area contributed by atoms with Crippen LogP contribution in [0, 0.1) is 5.82 Å². The highest BCUT2D eigenvalue weighted by atomic mass is 19.1. The molecule has 1 aromatic rings. The maximum atomic E-state index is 12.8. The molecule has 1 fully saturated rings. The molecule has 1 aromatic carbocycles. The van der Waals surface area contributed by atoms with Crippen LogP contribution >= 0.6 is 0 Å². The fourth-order valence-corrected chi connectivity index (χ4v) is 2.64. The Hall–Kier alpha value is -1.62. The number of piperidine rings is 1. The summed E-state index contributed by atoms with van der Waals surface area (Å²) in [5.74, 6) is -0.232. The Morgan fingerprint density at radius 3 is 2.57 bits per heavy atom. The molecule has 5 heteroatoms. The summed E-state index contributed by atoms with van der Waals surface area (Å²) in [6.07, 6.45) is 2.77. The maximum absolute atomic E-state index is 12.8. The van der Waals surface area contributed by atoms with Crippen molar-refractivity contribution in [3.8, 4) is 0 Å². The Bertz CT molecular complexity index is 455. The second kappa shape index (κ2) is 7.41. The van der Waals surface area contributed by atoms with Gasteiger partial charge in [0, 0.05) is 19.6 Å². The summed E-state index contributed by atoms with van der Waals surface area (Å²) in [7, 11) is 3.97. The van der Waals surface area contributed by atoms with Crippen molar-refractivity contribution in [2.45, 2.75) is 25.3 Å². The van der Waals surface area contributed by atoms with E-state index in [-0.39, 0.29) is 11.8 Å². The molecule has 1 heterocycles. The van der Waals surface area contributed by atoms with Gasteiger partial charge in [-0.3, -0.25) is 0 Å². The van der Waals surface area contributed by atoms with E-state index < -0.39 is 0 Å². The molecule has 1 N–H and O–H groups in total. The minimum absolute atomic E-state index is 0.0216. The molecule has 1 aliphatic rings. The monoisotopic (exact) mass is 293 g/mol. The number of rotatable bonds is 4. The first kappa shape index (κ1) is 15.8. The normalized spacial score (nSPS) is 16.7. The Morgan fingerprint density at radius 2 is 1.95 bits per heavy atom. The molecule has 0 spiro atoms. The molecule has 2 amide bonds. The van der Waals surface area contributed by atoms with Gasteiger partial charge in [-0.2, -0.15) is 0 Å². The Kier molecular flexibility index (Phi) is 5.56. The van der Waals surface area contributed by atoms with Gasteiger partial charge in [0.1, 0.15) is 5.82 Å². The largest absolute Gasteiger partial charge is 0.338 e. The summed E-state index contributed by atoms with van der Waals surface area (Å²) < 4.78 is 12.8. The molecule has 2 rings (SSSR count). The quantitative estimate of drug-likeness (QED) is 0.923. The van der Waals surface area contributed by atoms with E-state index in [2.05, 4.69) is 17.3 Å². The first-order valence-electron chi connectivity index (χ1n) is 7.50. The van der Waals surface area contributed by atoms with Crippen molar-refractivity contribution in [1.82, 2.24) is 15.1 Å². The number of likely N-dealkylation sites (tertiary alicyclic amines) is 1. The highest BCUT2D eigenvalue weighted by molar-refractivity contribution is 5.74. The number of amides is 2. The van der Waals surface area contributed by atoms with Gasteiger partial charge in [-0.05, 0) is 57.1 Å². The molecular weight excluding hydrogens is 269 g/mol. The maximum Gasteiger partial charge on any atom is 0.317 e. The van der Waals surface area contributed by atoms with Crippen LogP contribution in [0.3, 0.4) is 0 Å². The van der Waals surface area contributed by atoms with Crippen LogP contribution in [-0.2, 0) is 6.42 Å². The minimum atomic E-state index is -0.232. The first-order valence-corrected chi connectivity index (χ1v) is 7.50. The molecular formula is C16H24FN3O. The van der Waals surface area contributed by atoms with Gasteiger partial charge in [0.25, 0.3) is 0 Å². The van der Waals surface area contributed by atoms with Crippen LogP contribution in [0.2, 0.25) is 0 Å². The van der Waals surface area contributed by atoms with E-state index in [1.807, 2.05) is 11.9 Å². The van der Waals surface area contributed by atoms with E-state index in [0.717, 1.165) is 31.5 Å². The molecule has 1 saturated heterocycles. The molecule has 0 unspecified atom stereocenters. The van der Waals surface area contributed by atoms with Gasteiger partial charge < -0.3 is 15.1 Å². The lowest BCUT2D eigenvalue weighted by atomic mass is 10.0. The summed E-state index contributed by atoms with van der Waals surface area (Å²) in [6.45, 7) is 2.65. The Labute approximate surface area is 125 Å². The van der Waals surface area contributed by atoms with Crippen LogP contribution in [0.15, 0.2) is 24.3 Å². The van der Waals surface area contributed by atoms with E-state index in [4.69, 9.17) is 0 Å². The lowest BCUT2D eigenvalue weighted by Crippen LogP contribution is -2.48. The summed E-state index contributed by atoms with van der Waals surface area (Å²) >= 11 is 0. The van der Waals surface area contributed by atoms with Gasteiger partial charge in [-0.15, -0.1) is 0 Å². The van der Waals surface area contributed by atoms with E-state index in [9.17, 15) is 9.18 Å². The number of carbonyl (C=O) groups is 1. The molecule has 116 valence electrons. The van der Waals surface area contributed by atoms with Crippen molar-refractivity contribution >= 4 is 6.03 Å². The van der Waals surface area contributed by atoms with Crippen molar-refractivity contribution in [2.75, 3.05) is 33.7 Å². The molecule has 21 heavy (non-hydrogen) atoms.